The lowest BCUT2D eigenvalue weighted by Crippen LogP contribution is -2.42. The lowest BCUT2D eigenvalue weighted by atomic mass is 10.00. The van der Waals surface area contributed by atoms with Gasteiger partial charge < -0.3 is 15.7 Å². The number of aliphatic hydroxyl groups excluding tert-OH is 1. The first-order valence-corrected chi connectivity index (χ1v) is 9.69. The molecule has 0 aromatic heterocycles. The molecular formula is C23H25N3O2. The van der Waals surface area contributed by atoms with Gasteiger partial charge >= 0.3 is 6.03 Å². The summed E-state index contributed by atoms with van der Waals surface area (Å²) < 4.78 is 0. The maximum absolute atomic E-state index is 12.3. The van der Waals surface area contributed by atoms with E-state index in [0.29, 0.717) is 6.54 Å². The maximum atomic E-state index is 12.3. The van der Waals surface area contributed by atoms with Crippen LogP contribution in [0.5, 0.6) is 0 Å². The van der Waals surface area contributed by atoms with E-state index in [-0.39, 0.29) is 12.6 Å². The summed E-state index contributed by atoms with van der Waals surface area (Å²) in [5, 5.41) is 18.1. The molecule has 1 aliphatic heterocycles. The van der Waals surface area contributed by atoms with Crippen molar-refractivity contribution < 1.29 is 9.90 Å². The number of carbonyl (C=O) groups excluding carboxylic acids is 1. The van der Waals surface area contributed by atoms with E-state index in [4.69, 9.17) is 0 Å². The molecule has 2 amide bonds. The van der Waals surface area contributed by atoms with Crippen molar-refractivity contribution in [3.8, 4) is 0 Å². The molecule has 1 unspecified atom stereocenters. The summed E-state index contributed by atoms with van der Waals surface area (Å²) in [4.78, 5) is 14.5. The zero-order valence-electron chi connectivity index (χ0n) is 15.8. The first-order chi connectivity index (χ1) is 13.7. The number of aliphatic hydroxyl groups is 1. The van der Waals surface area contributed by atoms with Gasteiger partial charge in [0.05, 0.1) is 11.8 Å². The average Bonchev–Trinajstić information content (AvgIpc) is 2.72. The zero-order chi connectivity index (χ0) is 19.3. The summed E-state index contributed by atoms with van der Waals surface area (Å²) >= 11 is 0. The topological polar surface area (TPSA) is 64.6 Å². The van der Waals surface area contributed by atoms with Crippen molar-refractivity contribution in [1.82, 2.24) is 10.2 Å². The van der Waals surface area contributed by atoms with Gasteiger partial charge in [-0.25, -0.2) is 4.79 Å². The van der Waals surface area contributed by atoms with Crippen molar-refractivity contribution in [1.29, 1.82) is 0 Å². The van der Waals surface area contributed by atoms with Gasteiger partial charge in [-0.3, -0.25) is 4.90 Å². The Morgan fingerprint density at radius 2 is 1.75 bits per heavy atom. The molecule has 3 aromatic rings. The zero-order valence-corrected chi connectivity index (χ0v) is 15.8. The predicted octanol–water partition coefficient (Wildman–Crippen LogP) is 3.38. The molecule has 0 fully saturated rings. The second-order valence-corrected chi connectivity index (χ2v) is 7.27. The lowest BCUT2D eigenvalue weighted by Gasteiger charge is -2.30. The highest BCUT2D eigenvalue weighted by molar-refractivity contribution is 6.01. The molecule has 3 aromatic carbocycles. The van der Waals surface area contributed by atoms with Crippen molar-refractivity contribution in [2.45, 2.75) is 19.1 Å². The van der Waals surface area contributed by atoms with E-state index in [1.165, 1.54) is 11.1 Å². The Kier molecular flexibility index (Phi) is 5.55. The van der Waals surface area contributed by atoms with Crippen molar-refractivity contribution in [3.05, 3.63) is 77.9 Å². The quantitative estimate of drug-likeness (QED) is 0.641. The molecule has 0 saturated carbocycles. The molecule has 5 nitrogen and oxygen atoms in total. The summed E-state index contributed by atoms with van der Waals surface area (Å²) in [6.45, 7) is 2.53. The van der Waals surface area contributed by atoms with E-state index >= 15 is 0 Å². The maximum Gasteiger partial charge on any atom is 0.319 e. The van der Waals surface area contributed by atoms with Gasteiger partial charge in [0, 0.05) is 31.6 Å². The van der Waals surface area contributed by atoms with E-state index in [1.54, 1.807) is 0 Å². The minimum Gasteiger partial charge on any atom is -0.390 e. The molecule has 1 aliphatic rings. The number of nitrogens with one attached hydrogen (secondary N) is 2. The number of nitrogens with zero attached hydrogens (tertiary/aromatic N) is 1. The number of hydrogen-bond donors (Lipinski definition) is 3. The van der Waals surface area contributed by atoms with Crippen molar-refractivity contribution in [2.24, 2.45) is 0 Å². The van der Waals surface area contributed by atoms with Crippen LogP contribution in [0.4, 0.5) is 10.5 Å². The normalized spacial score (nSPS) is 15.0. The van der Waals surface area contributed by atoms with E-state index in [0.717, 1.165) is 36.0 Å². The van der Waals surface area contributed by atoms with Crippen LogP contribution < -0.4 is 10.6 Å². The van der Waals surface area contributed by atoms with Crippen LogP contribution in [-0.4, -0.2) is 41.8 Å². The number of fused-ring (bicyclic) bond motifs is 2. The standard InChI is InChI=1S/C23H25N3O2/c27-20(16-26-13-12-17-6-1-2-8-19(17)15-26)14-24-23(28)25-22-11-5-9-18-7-3-4-10-21(18)22/h1-11,20,27H,12-16H2,(H2,24,25,28). The summed E-state index contributed by atoms with van der Waals surface area (Å²) in [5.74, 6) is 0. The van der Waals surface area contributed by atoms with Crippen LogP contribution in [0.25, 0.3) is 10.8 Å². The van der Waals surface area contributed by atoms with Crippen LogP contribution in [0.3, 0.4) is 0 Å². The van der Waals surface area contributed by atoms with Crippen molar-refractivity contribution in [3.63, 3.8) is 0 Å². The number of hydrogen-bond acceptors (Lipinski definition) is 3. The van der Waals surface area contributed by atoms with E-state index in [9.17, 15) is 9.90 Å². The Bertz CT molecular complexity index is 967. The van der Waals surface area contributed by atoms with Crippen LogP contribution in [0, 0.1) is 0 Å². The van der Waals surface area contributed by atoms with Crippen molar-refractivity contribution >= 4 is 22.5 Å². The number of urea groups is 1. The smallest absolute Gasteiger partial charge is 0.319 e. The summed E-state index contributed by atoms with van der Waals surface area (Å²) in [6.07, 6.45) is 0.390. The SMILES string of the molecule is O=C(NCC(O)CN1CCc2ccccc2C1)Nc1cccc2ccccc12. The molecule has 0 bridgehead atoms. The monoisotopic (exact) mass is 375 g/mol. The predicted molar refractivity (Wildman–Crippen MR) is 112 cm³/mol. The Morgan fingerprint density at radius 3 is 2.64 bits per heavy atom. The van der Waals surface area contributed by atoms with Gasteiger partial charge in [-0.2, -0.15) is 0 Å². The number of β-amino-alcohol motifs (C(OH)–C–C–N with tert-alkyl or cyclic N) is 1. The third-order valence-corrected chi connectivity index (χ3v) is 5.21. The Morgan fingerprint density at radius 1 is 1.00 bits per heavy atom. The number of rotatable bonds is 5. The van der Waals surface area contributed by atoms with E-state index < -0.39 is 6.10 Å². The van der Waals surface area contributed by atoms with Gasteiger partial charge in [-0.05, 0) is 29.0 Å². The highest BCUT2D eigenvalue weighted by atomic mass is 16.3. The van der Waals surface area contributed by atoms with Crippen LogP contribution >= 0.6 is 0 Å². The third kappa shape index (κ3) is 4.32. The number of anilines is 1. The Hall–Kier alpha value is -2.89. The fourth-order valence-electron chi connectivity index (χ4n) is 3.78. The van der Waals surface area contributed by atoms with Crippen molar-refractivity contribution in [2.75, 3.05) is 25.0 Å². The average molecular weight is 375 g/mol. The van der Waals surface area contributed by atoms with E-state index in [1.807, 2.05) is 42.5 Å². The molecule has 144 valence electrons. The van der Waals surface area contributed by atoms with Gasteiger partial charge in [0.25, 0.3) is 0 Å². The summed E-state index contributed by atoms with van der Waals surface area (Å²) in [7, 11) is 0. The Labute approximate surface area is 165 Å². The highest BCUT2D eigenvalue weighted by Gasteiger charge is 2.18. The van der Waals surface area contributed by atoms with Gasteiger partial charge in [0.1, 0.15) is 0 Å². The molecule has 1 atom stereocenters. The molecule has 28 heavy (non-hydrogen) atoms. The summed E-state index contributed by atoms with van der Waals surface area (Å²) in [6, 6.07) is 21.9. The molecule has 0 radical (unpaired) electrons. The highest BCUT2D eigenvalue weighted by Crippen LogP contribution is 2.22. The lowest BCUT2D eigenvalue weighted by molar-refractivity contribution is 0.106. The van der Waals surface area contributed by atoms with Gasteiger partial charge in [-0.15, -0.1) is 0 Å². The second kappa shape index (κ2) is 8.42. The molecule has 0 saturated heterocycles. The number of carbonyl (C=O) groups is 1. The first-order valence-electron chi connectivity index (χ1n) is 9.69. The summed E-state index contributed by atoms with van der Waals surface area (Å²) in [5.41, 5.74) is 3.47. The third-order valence-electron chi connectivity index (χ3n) is 5.21. The van der Waals surface area contributed by atoms with Gasteiger partial charge in [-0.1, -0.05) is 60.7 Å². The van der Waals surface area contributed by atoms with E-state index in [2.05, 4.69) is 39.8 Å². The number of benzene rings is 3. The molecule has 5 heteroatoms. The second-order valence-electron chi connectivity index (χ2n) is 7.27. The van der Waals surface area contributed by atoms with Gasteiger partial charge in [0.2, 0.25) is 0 Å². The molecule has 3 N–H and O–H groups in total. The first kappa shape index (κ1) is 18.5. The largest absolute Gasteiger partial charge is 0.390 e. The van der Waals surface area contributed by atoms with Gasteiger partial charge in [0.15, 0.2) is 0 Å². The molecule has 0 spiro atoms. The minimum absolute atomic E-state index is 0.217. The minimum atomic E-state index is -0.608. The van der Waals surface area contributed by atoms with Crippen LogP contribution in [-0.2, 0) is 13.0 Å². The molecule has 4 rings (SSSR count). The van der Waals surface area contributed by atoms with Crippen LogP contribution in [0.2, 0.25) is 0 Å². The van der Waals surface area contributed by atoms with Crippen LogP contribution in [0.15, 0.2) is 66.7 Å². The molecule has 0 aliphatic carbocycles. The fourth-order valence-corrected chi connectivity index (χ4v) is 3.78. The Balaban J connectivity index is 1.28. The molecular weight excluding hydrogens is 350 g/mol. The fraction of sp³-hybridized carbons (Fsp3) is 0.261. The van der Waals surface area contributed by atoms with Crippen LogP contribution in [0.1, 0.15) is 11.1 Å². The molecule has 1 heterocycles. The number of amides is 2.